The molecule has 0 amide bonds. The van der Waals surface area contributed by atoms with Crippen molar-refractivity contribution in [3.63, 3.8) is 0 Å². The molecule has 0 aromatic heterocycles. The van der Waals surface area contributed by atoms with Crippen molar-refractivity contribution < 1.29 is 8.95 Å². The standard InChI is InChI=1S/C16H18ClNO2S/c1-2-20-16-6-4-3-5-14(16)15(18)11-21(19)13-9-7-12(17)8-10-13/h3-10,15H,2,11,18H2,1H3. The van der Waals surface area contributed by atoms with E-state index in [4.69, 9.17) is 22.1 Å². The number of hydrogen-bond donors (Lipinski definition) is 1. The molecule has 21 heavy (non-hydrogen) atoms. The third-order valence-electron chi connectivity index (χ3n) is 3.03. The first-order chi connectivity index (χ1) is 10.1. The van der Waals surface area contributed by atoms with Crippen molar-refractivity contribution in [2.24, 2.45) is 5.73 Å². The molecule has 2 N–H and O–H groups in total. The van der Waals surface area contributed by atoms with E-state index in [0.717, 1.165) is 16.2 Å². The number of para-hydroxylation sites is 1. The van der Waals surface area contributed by atoms with Gasteiger partial charge >= 0.3 is 0 Å². The summed E-state index contributed by atoms with van der Waals surface area (Å²) in [6.45, 7) is 2.50. The Morgan fingerprint density at radius 1 is 1.19 bits per heavy atom. The molecule has 5 heteroatoms. The number of hydrogen-bond acceptors (Lipinski definition) is 3. The maximum atomic E-state index is 12.4. The van der Waals surface area contributed by atoms with Crippen LogP contribution in [-0.4, -0.2) is 16.6 Å². The van der Waals surface area contributed by atoms with Gasteiger partial charge in [0.2, 0.25) is 0 Å². The summed E-state index contributed by atoms with van der Waals surface area (Å²) in [4.78, 5) is 0.726. The molecule has 2 unspecified atom stereocenters. The molecule has 0 heterocycles. The van der Waals surface area contributed by atoms with E-state index in [0.29, 0.717) is 17.4 Å². The van der Waals surface area contributed by atoms with E-state index in [1.807, 2.05) is 31.2 Å². The van der Waals surface area contributed by atoms with Gasteiger partial charge in [0.15, 0.2) is 0 Å². The maximum absolute atomic E-state index is 12.4. The molecular formula is C16H18ClNO2S. The molecule has 112 valence electrons. The first kappa shape index (κ1) is 16.0. The minimum absolute atomic E-state index is 0.339. The van der Waals surface area contributed by atoms with Gasteiger partial charge in [-0.1, -0.05) is 29.8 Å². The molecule has 2 rings (SSSR count). The van der Waals surface area contributed by atoms with Crippen LogP contribution in [0.4, 0.5) is 0 Å². The summed E-state index contributed by atoms with van der Waals surface area (Å²) in [7, 11) is -1.17. The highest BCUT2D eigenvalue weighted by molar-refractivity contribution is 7.85. The van der Waals surface area contributed by atoms with Gasteiger partial charge in [-0.15, -0.1) is 0 Å². The molecule has 0 aliphatic heterocycles. The smallest absolute Gasteiger partial charge is 0.124 e. The molecule has 0 aliphatic rings. The van der Waals surface area contributed by atoms with Crippen molar-refractivity contribution in [3.8, 4) is 5.75 Å². The van der Waals surface area contributed by atoms with Crippen LogP contribution in [0.2, 0.25) is 5.02 Å². The number of rotatable bonds is 6. The number of nitrogens with two attached hydrogens (primary N) is 1. The minimum atomic E-state index is -1.17. The molecule has 0 bridgehead atoms. The molecule has 0 radical (unpaired) electrons. The van der Waals surface area contributed by atoms with Crippen LogP contribution in [0.15, 0.2) is 53.4 Å². The number of halogens is 1. The summed E-state index contributed by atoms with van der Waals surface area (Å²) in [5, 5.41) is 0.627. The Balaban J connectivity index is 2.12. The van der Waals surface area contributed by atoms with E-state index in [1.165, 1.54) is 0 Å². The number of ether oxygens (including phenoxy) is 1. The van der Waals surface area contributed by atoms with Crippen molar-refractivity contribution in [1.29, 1.82) is 0 Å². The third-order valence-corrected chi connectivity index (χ3v) is 4.74. The van der Waals surface area contributed by atoms with Crippen molar-refractivity contribution >= 4 is 22.4 Å². The first-order valence-electron chi connectivity index (χ1n) is 6.73. The lowest BCUT2D eigenvalue weighted by atomic mass is 10.1. The summed E-state index contributed by atoms with van der Waals surface area (Å²) in [6.07, 6.45) is 0. The zero-order chi connectivity index (χ0) is 15.2. The van der Waals surface area contributed by atoms with Crippen LogP contribution >= 0.6 is 11.6 Å². The lowest BCUT2D eigenvalue weighted by molar-refractivity contribution is 0.335. The molecule has 0 fully saturated rings. The second-order valence-corrected chi connectivity index (χ2v) is 6.48. The lowest BCUT2D eigenvalue weighted by Crippen LogP contribution is -2.19. The van der Waals surface area contributed by atoms with Crippen LogP contribution < -0.4 is 10.5 Å². The molecular weight excluding hydrogens is 306 g/mol. The van der Waals surface area contributed by atoms with Gasteiger partial charge in [0.1, 0.15) is 5.75 Å². The van der Waals surface area contributed by atoms with Gasteiger partial charge in [0, 0.05) is 27.3 Å². The summed E-state index contributed by atoms with van der Waals surface area (Å²) in [5.41, 5.74) is 7.07. The monoisotopic (exact) mass is 323 g/mol. The second-order valence-electron chi connectivity index (χ2n) is 4.54. The van der Waals surface area contributed by atoms with Crippen molar-refractivity contribution in [3.05, 3.63) is 59.1 Å². The van der Waals surface area contributed by atoms with E-state index in [2.05, 4.69) is 0 Å². The predicted octanol–water partition coefficient (Wildman–Crippen LogP) is 3.55. The van der Waals surface area contributed by atoms with Gasteiger partial charge in [-0.05, 0) is 37.3 Å². The topological polar surface area (TPSA) is 52.3 Å². The highest BCUT2D eigenvalue weighted by Crippen LogP contribution is 2.25. The van der Waals surface area contributed by atoms with E-state index >= 15 is 0 Å². The average Bonchev–Trinajstić information content (AvgIpc) is 2.48. The Morgan fingerprint density at radius 2 is 1.86 bits per heavy atom. The van der Waals surface area contributed by atoms with E-state index in [1.54, 1.807) is 24.3 Å². The number of benzene rings is 2. The maximum Gasteiger partial charge on any atom is 0.124 e. The lowest BCUT2D eigenvalue weighted by Gasteiger charge is -2.16. The highest BCUT2D eigenvalue weighted by atomic mass is 35.5. The molecule has 3 nitrogen and oxygen atoms in total. The van der Waals surface area contributed by atoms with Gasteiger partial charge in [0.05, 0.1) is 17.4 Å². The van der Waals surface area contributed by atoms with Crippen LogP contribution in [0.3, 0.4) is 0 Å². The van der Waals surface area contributed by atoms with Crippen LogP contribution in [0, 0.1) is 0 Å². The summed E-state index contributed by atoms with van der Waals surface area (Å²) in [5.74, 6) is 1.09. The zero-order valence-corrected chi connectivity index (χ0v) is 13.4. The van der Waals surface area contributed by atoms with E-state index < -0.39 is 10.8 Å². The fourth-order valence-corrected chi connectivity index (χ4v) is 3.27. The summed E-state index contributed by atoms with van der Waals surface area (Å²) in [6, 6.07) is 14.2. The molecule has 2 atom stereocenters. The Kier molecular flexibility index (Phi) is 5.79. The Hall–Kier alpha value is -1.36. The molecule has 2 aromatic carbocycles. The van der Waals surface area contributed by atoms with Crippen LogP contribution in [0.1, 0.15) is 18.5 Å². The van der Waals surface area contributed by atoms with Gasteiger partial charge in [-0.3, -0.25) is 4.21 Å². The molecule has 0 saturated carbocycles. The molecule has 0 spiro atoms. The molecule has 0 saturated heterocycles. The predicted molar refractivity (Wildman–Crippen MR) is 87.3 cm³/mol. The average molecular weight is 324 g/mol. The summed E-state index contributed by atoms with van der Waals surface area (Å²) >= 11 is 5.83. The van der Waals surface area contributed by atoms with Crippen LogP contribution in [-0.2, 0) is 10.8 Å². The first-order valence-corrected chi connectivity index (χ1v) is 8.42. The van der Waals surface area contributed by atoms with Gasteiger partial charge in [-0.2, -0.15) is 0 Å². The van der Waals surface area contributed by atoms with Crippen LogP contribution in [0.5, 0.6) is 5.75 Å². The normalized spacial score (nSPS) is 13.7. The summed E-state index contributed by atoms with van der Waals surface area (Å²) < 4.78 is 17.9. The molecule has 2 aromatic rings. The fraction of sp³-hybridized carbons (Fsp3) is 0.250. The van der Waals surface area contributed by atoms with Gasteiger partial charge < -0.3 is 10.5 Å². The zero-order valence-electron chi connectivity index (χ0n) is 11.8. The van der Waals surface area contributed by atoms with E-state index in [-0.39, 0.29) is 6.04 Å². The minimum Gasteiger partial charge on any atom is -0.494 e. The van der Waals surface area contributed by atoms with Gasteiger partial charge in [-0.25, -0.2) is 0 Å². The second kappa shape index (κ2) is 7.59. The van der Waals surface area contributed by atoms with Crippen molar-refractivity contribution in [2.75, 3.05) is 12.4 Å². The SMILES string of the molecule is CCOc1ccccc1C(N)CS(=O)c1ccc(Cl)cc1. The highest BCUT2D eigenvalue weighted by Gasteiger charge is 2.16. The van der Waals surface area contributed by atoms with E-state index in [9.17, 15) is 4.21 Å². The quantitative estimate of drug-likeness (QED) is 0.884. The van der Waals surface area contributed by atoms with Gasteiger partial charge in [0.25, 0.3) is 0 Å². The largest absolute Gasteiger partial charge is 0.494 e. The third kappa shape index (κ3) is 4.30. The Morgan fingerprint density at radius 3 is 2.52 bits per heavy atom. The van der Waals surface area contributed by atoms with Crippen molar-refractivity contribution in [1.82, 2.24) is 0 Å². The fourth-order valence-electron chi connectivity index (χ4n) is 2.01. The van der Waals surface area contributed by atoms with Crippen molar-refractivity contribution in [2.45, 2.75) is 17.9 Å². The molecule has 0 aliphatic carbocycles. The Bertz CT molecular complexity index is 616. The van der Waals surface area contributed by atoms with Crippen LogP contribution in [0.25, 0.3) is 0 Å². The Labute approximate surface area is 132 Å².